The summed E-state index contributed by atoms with van der Waals surface area (Å²) in [5.41, 5.74) is 7.86. The molecule has 1 unspecified atom stereocenters. The van der Waals surface area contributed by atoms with Crippen molar-refractivity contribution in [2.24, 2.45) is 5.73 Å². The summed E-state index contributed by atoms with van der Waals surface area (Å²) in [6, 6.07) is 5.63. The largest absolute Gasteiger partial charge is 0.463 e. The number of pyridine rings is 1. The standard InChI is InChI=1S/C15H16N4O2/c1-3-21-15(20)12-9(2)19-14(17)11(7-16)13(12)10-5-4-6-18-8-10/h4-6,8,13,19H,3,17H2,1-2H3. The number of nitrogens with two attached hydrogens (primary N) is 1. The van der Waals surface area contributed by atoms with Crippen molar-refractivity contribution in [3.8, 4) is 6.07 Å². The molecule has 1 aliphatic rings. The molecule has 1 aromatic heterocycles. The van der Waals surface area contributed by atoms with Crippen LogP contribution in [0, 0.1) is 11.3 Å². The number of carbonyl (C=O) groups is 1. The van der Waals surface area contributed by atoms with Crippen molar-refractivity contribution in [3.63, 3.8) is 0 Å². The molecule has 0 amide bonds. The first-order chi connectivity index (χ1) is 10.1. The predicted octanol–water partition coefficient (Wildman–Crippen LogP) is 1.30. The SMILES string of the molecule is CCOC(=O)C1=C(C)NC(N)=C(C#N)C1c1cccnc1. The highest BCUT2D eigenvalue weighted by atomic mass is 16.5. The number of dihydropyridines is 1. The van der Waals surface area contributed by atoms with Crippen molar-refractivity contribution in [2.45, 2.75) is 19.8 Å². The summed E-state index contributed by atoms with van der Waals surface area (Å²) >= 11 is 0. The topological polar surface area (TPSA) is 101 Å². The van der Waals surface area contributed by atoms with Gasteiger partial charge in [0.25, 0.3) is 0 Å². The third-order valence-corrected chi connectivity index (χ3v) is 3.23. The van der Waals surface area contributed by atoms with Crippen LogP contribution in [0.3, 0.4) is 0 Å². The summed E-state index contributed by atoms with van der Waals surface area (Å²) in [7, 11) is 0. The lowest BCUT2D eigenvalue weighted by Gasteiger charge is -2.27. The van der Waals surface area contributed by atoms with Crippen molar-refractivity contribution in [3.05, 3.63) is 52.8 Å². The monoisotopic (exact) mass is 284 g/mol. The lowest BCUT2D eigenvalue weighted by molar-refractivity contribution is -0.138. The highest BCUT2D eigenvalue weighted by molar-refractivity contribution is 5.93. The zero-order valence-electron chi connectivity index (χ0n) is 11.9. The molecule has 0 aromatic carbocycles. The van der Waals surface area contributed by atoms with Gasteiger partial charge in [0.05, 0.1) is 29.7 Å². The van der Waals surface area contributed by atoms with Crippen LogP contribution in [0.4, 0.5) is 0 Å². The minimum atomic E-state index is -0.566. The van der Waals surface area contributed by atoms with Crippen molar-refractivity contribution in [1.29, 1.82) is 5.26 Å². The van der Waals surface area contributed by atoms with Gasteiger partial charge >= 0.3 is 5.97 Å². The molecule has 3 N–H and O–H groups in total. The summed E-state index contributed by atoms with van der Waals surface area (Å²) in [5.74, 6) is -0.780. The Bertz CT molecular complexity index is 656. The van der Waals surface area contributed by atoms with E-state index in [0.717, 1.165) is 5.56 Å². The van der Waals surface area contributed by atoms with Gasteiger partial charge in [-0.3, -0.25) is 4.98 Å². The van der Waals surface area contributed by atoms with Crippen LogP contribution in [0.15, 0.2) is 47.2 Å². The Balaban J connectivity index is 2.58. The van der Waals surface area contributed by atoms with Gasteiger partial charge in [-0.25, -0.2) is 4.79 Å². The van der Waals surface area contributed by atoms with Crippen LogP contribution in [0.25, 0.3) is 0 Å². The zero-order valence-corrected chi connectivity index (χ0v) is 11.9. The van der Waals surface area contributed by atoms with Crippen molar-refractivity contribution in [1.82, 2.24) is 10.3 Å². The van der Waals surface area contributed by atoms with E-state index in [1.807, 2.05) is 0 Å². The van der Waals surface area contributed by atoms with E-state index in [1.54, 1.807) is 38.4 Å². The predicted molar refractivity (Wildman–Crippen MR) is 76.3 cm³/mol. The van der Waals surface area contributed by atoms with Gasteiger partial charge in [-0.05, 0) is 25.5 Å². The Kier molecular flexibility index (Phi) is 4.24. The molecule has 1 aromatic rings. The fourth-order valence-electron chi connectivity index (χ4n) is 2.34. The second kappa shape index (κ2) is 6.09. The molecule has 21 heavy (non-hydrogen) atoms. The molecule has 1 atom stereocenters. The Morgan fingerprint density at radius 3 is 2.95 bits per heavy atom. The van der Waals surface area contributed by atoms with Crippen molar-refractivity contribution >= 4 is 5.97 Å². The third-order valence-electron chi connectivity index (χ3n) is 3.23. The molecule has 0 saturated heterocycles. The number of allylic oxidation sites excluding steroid dienone is 2. The molecule has 0 spiro atoms. The fraction of sp³-hybridized carbons (Fsp3) is 0.267. The van der Waals surface area contributed by atoms with Gasteiger partial charge in [-0.1, -0.05) is 6.07 Å². The molecule has 1 aliphatic heterocycles. The van der Waals surface area contributed by atoms with Crippen molar-refractivity contribution in [2.75, 3.05) is 6.61 Å². The Morgan fingerprint density at radius 1 is 1.62 bits per heavy atom. The number of esters is 1. The van der Waals surface area contributed by atoms with E-state index in [2.05, 4.69) is 16.4 Å². The summed E-state index contributed by atoms with van der Waals surface area (Å²) in [6.45, 7) is 3.73. The lowest BCUT2D eigenvalue weighted by Crippen LogP contribution is -2.32. The van der Waals surface area contributed by atoms with Gasteiger partial charge in [0.2, 0.25) is 0 Å². The molecule has 0 bridgehead atoms. The molecule has 6 heteroatoms. The van der Waals surface area contributed by atoms with Crippen LogP contribution in [-0.2, 0) is 9.53 Å². The first-order valence-corrected chi connectivity index (χ1v) is 6.54. The fourth-order valence-corrected chi connectivity index (χ4v) is 2.34. The van der Waals surface area contributed by atoms with E-state index in [4.69, 9.17) is 10.5 Å². The number of nitrogens with one attached hydrogen (secondary N) is 1. The highest BCUT2D eigenvalue weighted by Crippen LogP contribution is 2.36. The normalized spacial score (nSPS) is 18.0. The molecule has 2 heterocycles. The number of nitrogens with zero attached hydrogens (tertiary/aromatic N) is 2. The number of nitriles is 1. The highest BCUT2D eigenvalue weighted by Gasteiger charge is 2.34. The molecule has 0 saturated carbocycles. The minimum Gasteiger partial charge on any atom is -0.463 e. The average Bonchev–Trinajstić information content (AvgIpc) is 2.47. The van der Waals surface area contributed by atoms with Gasteiger partial charge in [0, 0.05) is 18.1 Å². The number of hydrogen-bond donors (Lipinski definition) is 2. The Labute approximate surface area is 122 Å². The molecule has 2 rings (SSSR count). The minimum absolute atomic E-state index is 0.247. The van der Waals surface area contributed by atoms with Crippen molar-refractivity contribution < 1.29 is 9.53 Å². The number of hydrogen-bond acceptors (Lipinski definition) is 6. The molecule has 108 valence electrons. The van der Waals surface area contributed by atoms with Crippen LogP contribution in [-0.4, -0.2) is 17.6 Å². The maximum Gasteiger partial charge on any atom is 0.336 e. The lowest BCUT2D eigenvalue weighted by atomic mass is 9.82. The quantitative estimate of drug-likeness (QED) is 0.811. The average molecular weight is 284 g/mol. The molecular formula is C15H16N4O2. The number of ether oxygens (including phenoxy) is 1. The van der Waals surface area contributed by atoms with E-state index in [1.165, 1.54) is 0 Å². The summed E-state index contributed by atoms with van der Waals surface area (Å²) in [5, 5.41) is 12.2. The molecule has 6 nitrogen and oxygen atoms in total. The zero-order chi connectivity index (χ0) is 15.4. The molecular weight excluding hydrogens is 268 g/mol. The maximum absolute atomic E-state index is 12.2. The van der Waals surface area contributed by atoms with Crippen LogP contribution < -0.4 is 11.1 Å². The van der Waals surface area contributed by atoms with Crippen LogP contribution in [0.1, 0.15) is 25.3 Å². The van der Waals surface area contributed by atoms with Crippen LogP contribution in [0.2, 0.25) is 0 Å². The second-order valence-electron chi connectivity index (χ2n) is 4.54. The maximum atomic E-state index is 12.2. The number of rotatable bonds is 3. The third kappa shape index (κ3) is 2.72. The van der Waals surface area contributed by atoms with E-state index >= 15 is 0 Å². The summed E-state index contributed by atoms with van der Waals surface area (Å²) in [4.78, 5) is 16.3. The Hall–Kier alpha value is -2.81. The number of aromatic nitrogens is 1. The molecule has 0 fully saturated rings. The summed E-state index contributed by atoms with van der Waals surface area (Å²) in [6.07, 6.45) is 3.25. The van der Waals surface area contributed by atoms with Gasteiger partial charge < -0.3 is 15.8 Å². The van der Waals surface area contributed by atoms with E-state index in [0.29, 0.717) is 11.3 Å². The van der Waals surface area contributed by atoms with Gasteiger partial charge in [-0.15, -0.1) is 0 Å². The first-order valence-electron chi connectivity index (χ1n) is 6.54. The van der Waals surface area contributed by atoms with Crippen LogP contribution >= 0.6 is 0 Å². The number of carbonyl (C=O) groups excluding carboxylic acids is 1. The Morgan fingerprint density at radius 2 is 2.38 bits per heavy atom. The van der Waals surface area contributed by atoms with Gasteiger partial charge in [0.1, 0.15) is 5.82 Å². The summed E-state index contributed by atoms with van der Waals surface area (Å²) < 4.78 is 5.10. The van der Waals surface area contributed by atoms with E-state index in [9.17, 15) is 10.1 Å². The first kappa shape index (κ1) is 14.6. The smallest absolute Gasteiger partial charge is 0.336 e. The van der Waals surface area contributed by atoms with Gasteiger partial charge in [0.15, 0.2) is 0 Å². The molecule has 0 radical (unpaired) electrons. The second-order valence-corrected chi connectivity index (χ2v) is 4.54. The van der Waals surface area contributed by atoms with Gasteiger partial charge in [-0.2, -0.15) is 5.26 Å². The van der Waals surface area contributed by atoms with E-state index in [-0.39, 0.29) is 18.0 Å². The van der Waals surface area contributed by atoms with E-state index < -0.39 is 11.9 Å². The van der Waals surface area contributed by atoms with Crippen LogP contribution in [0.5, 0.6) is 0 Å². The molecule has 0 aliphatic carbocycles.